The molecule has 0 N–H and O–H groups in total. The van der Waals surface area contributed by atoms with Crippen LogP contribution in [0.5, 0.6) is 0 Å². The minimum atomic E-state index is -0.247. The highest BCUT2D eigenvalue weighted by molar-refractivity contribution is 5.90. The summed E-state index contributed by atoms with van der Waals surface area (Å²) in [4.78, 5) is 23.9. The largest absolute Gasteiger partial charge is 0.469 e. The smallest absolute Gasteiger partial charge is 0.309 e. The summed E-state index contributed by atoms with van der Waals surface area (Å²) in [5, 5.41) is 0. The molecule has 0 bridgehead atoms. The Morgan fingerprint density at radius 1 is 1.53 bits per heavy atom. The predicted molar refractivity (Wildman–Crippen MR) is 64.3 cm³/mol. The van der Waals surface area contributed by atoms with Gasteiger partial charge < -0.3 is 4.74 Å². The van der Waals surface area contributed by atoms with E-state index in [-0.39, 0.29) is 29.0 Å². The van der Waals surface area contributed by atoms with Crippen LogP contribution >= 0.6 is 0 Å². The molecule has 3 nitrogen and oxygen atoms in total. The molecule has 0 spiro atoms. The number of methoxy groups -OCH3 is 1. The standard InChI is InChI=1S/C14H20O3/c1-9-5-4-6-14(2)11(9)7-10(8-12(14)15)13(16)17-3/h5,10-11H,4,6-8H2,1-3H3/t10-,11+,14-/m1/s1. The van der Waals surface area contributed by atoms with Crippen molar-refractivity contribution < 1.29 is 14.3 Å². The molecule has 94 valence electrons. The number of fused-ring (bicyclic) bond motifs is 1. The second kappa shape index (κ2) is 4.28. The van der Waals surface area contributed by atoms with E-state index in [1.165, 1.54) is 12.7 Å². The maximum absolute atomic E-state index is 12.3. The Bertz CT molecular complexity index is 383. The third-order valence-corrected chi connectivity index (χ3v) is 4.57. The number of esters is 1. The van der Waals surface area contributed by atoms with Crippen LogP contribution in [0.3, 0.4) is 0 Å². The van der Waals surface area contributed by atoms with Crippen LogP contribution in [0.15, 0.2) is 11.6 Å². The van der Waals surface area contributed by atoms with Gasteiger partial charge in [-0.25, -0.2) is 0 Å². The van der Waals surface area contributed by atoms with Gasteiger partial charge in [0.15, 0.2) is 0 Å². The van der Waals surface area contributed by atoms with Gasteiger partial charge in [0, 0.05) is 11.8 Å². The van der Waals surface area contributed by atoms with Crippen molar-refractivity contribution in [2.24, 2.45) is 17.3 Å². The Morgan fingerprint density at radius 2 is 2.24 bits per heavy atom. The van der Waals surface area contributed by atoms with Crippen LogP contribution in [0.4, 0.5) is 0 Å². The molecule has 2 aliphatic rings. The van der Waals surface area contributed by atoms with E-state index in [2.05, 4.69) is 19.9 Å². The van der Waals surface area contributed by atoms with Gasteiger partial charge >= 0.3 is 5.97 Å². The van der Waals surface area contributed by atoms with Crippen molar-refractivity contribution in [2.75, 3.05) is 7.11 Å². The van der Waals surface area contributed by atoms with Gasteiger partial charge in [-0.1, -0.05) is 18.6 Å². The molecular weight excluding hydrogens is 216 g/mol. The Balaban J connectivity index is 2.27. The SMILES string of the molecule is COC(=O)[C@H]1CC(=O)[C@]2(C)CCC=C(C)[C@@H]2C1. The lowest BCUT2D eigenvalue weighted by Gasteiger charge is -2.45. The van der Waals surface area contributed by atoms with Gasteiger partial charge in [-0.15, -0.1) is 0 Å². The molecule has 0 amide bonds. The molecule has 3 heteroatoms. The van der Waals surface area contributed by atoms with E-state index in [4.69, 9.17) is 4.74 Å². The molecule has 0 aliphatic heterocycles. The van der Waals surface area contributed by atoms with Crippen molar-refractivity contribution in [3.05, 3.63) is 11.6 Å². The first kappa shape index (κ1) is 12.3. The number of hydrogen-bond donors (Lipinski definition) is 0. The summed E-state index contributed by atoms with van der Waals surface area (Å²) in [5.74, 6) is -0.0241. The zero-order chi connectivity index (χ0) is 12.6. The van der Waals surface area contributed by atoms with Crippen LogP contribution < -0.4 is 0 Å². The number of allylic oxidation sites excluding steroid dienone is 2. The number of rotatable bonds is 1. The van der Waals surface area contributed by atoms with E-state index < -0.39 is 0 Å². The molecule has 0 heterocycles. The summed E-state index contributed by atoms with van der Waals surface area (Å²) in [5.41, 5.74) is 1.02. The van der Waals surface area contributed by atoms with Gasteiger partial charge in [0.2, 0.25) is 0 Å². The van der Waals surface area contributed by atoms with E-state index >= 15 is 0 Å². The molecule has 2 rings (SSSR count). The fourth-order valence-corrected chi connectivity index (χ4v) is 3.37. The van der Waals surface area contributed by atoms with E-state index in [0.29, 0.717) is 6.42 Å². The minimum Gasteiger partial charge on any atom is -0.469 e. The van der Waals surface area contributed by atoms with Gasteiger partial charge in [-0.2, -0.15) is 0 Å². The van der Waals surface area contributed by atoms with Gasteiger partial charge in [-0.05, 0) is 32.1 Å². The molecule has 0 unspecified atom stereocenters. The monoisotopic (exact) mass is 236 g/mol. The van der Waals surface area contributed by atoms with Crippen LogP contribution in [0.2, 0.25) is 0 Å². The van der Waals surface area contributed by atoms with Crippen molar-refractivity contribution in [3.63, 3.8) is 0 Å². The summed E-state index contributed by atoms with van der Waals surface area (Å²) in [6.45, 7) is 4.14. The quantitative estimate of drug-likeness (QED) is 0.519. The Kier molecular flexibility index (Phi) is 3.11. The predicted octanol–water partition coefficient (Wildman–Crippen LogP) is 2.50. The second-order valence-corrected chi connectivity index (χ2v) is 5.54. The van der Waals surface area contributed by atoms with Crippen molar-refractivity contribution in [1.29, 1.82) is 0 Å². The van der Waals surface area contributed by atoms with E-state index in [9.17, 15) is 9.59 Å². The maximum Gasteiger partial charge on any atom is 0.309 e. The van der Waals surface area contributed by atoms with Crippen molar-refractivity contribution in [1.82, 2.24) is 0 Å². The highest BCUT2D eigenvalue weighted by Gasteiger charge is 2.49. The Hall–Kier alpha value is -1.12. The molecule has 0 aromatic rings. The number of carbonyl (C=O) groups is 2. The van der Waals surface area contributed by atoms with E-state index in [1.807, 2.05) is 0 Å². The number of ketones is 1. The normalized spacial score (nSPS) is 37.1. The highest BCUT2D eigenvalue weighted by Crippen LogP contribution is 2.50. The maximum atomic E-state index is 12.3. The summed E-state index contributed by atoms with van der Waals surface area (Å²) >= 11 is 0. The minimum absolute atomic E-state index is 0.224. The molecule has 2 aliphatic carbocycles. The molecular formula is C14H20O3. The van der Waals surface area contributed by atoms with E-state index in [1.54, 1.807) is 0 Å². The van der Waals surface area contributed by atoms with Crippen molar-refractivity contribution >= 4 is 11.8 Å². The fourth-order valence-electron chi connectivity index (χ4n) is 3.37. The fraction of sp³-hybridized carbons (Fsp3) is 0.714. The summed E-state index contributed by atoms with van der Waals surface area (Å²) < 4.78 is 4.78. The highest BCUT2D eigenvalue weighted by atomic mass is 16.5. The molecule has 3 atom stereocenters. The van der Waals surface area contributed by atoms with E-state index in [0.717, 1.165) is 19.3 Å². The van der Waals surface area contributed by atoms with Gasteiger partial charge in [0.1, 0.15) is 5.78 Å². The lowest BCUT2D eigenvalue weighted by atomic mass is 9.57. The number of ether oxygens (including phenoxy) is 1. The first-order valence-electron chi connectivity index (χ1n) is 6.27. The third kappa shape index (κ3) is 1.92. The van der Waals surface area contributed by atoms with Crippen LogP contribution in [0, 0.1) is 17.3 Å². The molecule has 0 aromatic heterocycles. The zero-order valence-electron chi connectivity index (χ0n) is 10.8. The molecule has 0 radical (unpaired) electrons. The molecule has 1 fully saturated rings. The number of carbonyl (C=O) groups excluding carboxylic acids is 2. The van der Waals surface area contributed by atoms with Gasteiger partial charge in [0.05, 0.1) is 13.0 Å². The number of hydrogen-bond acceptors (Lipinski definition) is 3. The second-order valence-electron chi connectivity index (χ2n) is 5.54. The average molecular weight is 236 g/mol. The van der Waals surface area contributed by atoms with Crippen LogP contribution in [-0.4, -0.2) is 18.9 Å². The zero-order valence-corrected chi connectivity index (χ0v) is 10.8. The van der Waals surface area contributed by atoms with Crippen molar-refractivity contribution in [3.8, 4) is 0 Å². The summed E-state index contributed by atoms with van der Waals surface area (Å²) in [7, 11) is 1.39. The van der Waals surface area contributed by atoms with Crippen LogP contribution in [0.25, 0.3) is 0 Å². The summed E-state index contributed by atoms with van der Waals surface area (Å²) in [6, 6.07) is 0. The molecule has 0 aromatic carbocycles. The third-order valence-electron chi connectivity index (χ3n) is 4.57. The molecule has 17 heavy (non-hydrogen) atoms. The Morgan fingerprint density at radius 3 is 2.88 bits per heavy atom. The lowest BCUT2D eigenvalue weighted by molar-refractivity contribution is -0.153. The first-order valence-corrected chi connectivity index (χ1v) is 6.27. The van der Waals surface area contributed by atoms with Crippen LogP contribution in [-0.2, 0) is 14.3 Å². The molecule has 1 saturated carbocycles. The van der Waals surface area contributed by atoms with Crippen LogP contribution in [0.1, 0.15) is 39.5 Å². The Labute approximate surface area is 102 Å². The number of Topliss-reactive ketones (excluding diaryl/α,β-unsaturated/α-hetero) is 1. The summed E-state index contributed by atoms with van der Waals surface area (Å²) in [6.07, 6.45) is 5.22. The van der Waals surface area contributed by atoms with Gasteiger partial charge in [-0.3, -0.25) is 9.59 Å². The average Bonchev–Trinajstić information content (AvgIpc) is 2.30. The first-order chi connectivity index (χ1) is 7.99. The lowest BCUT2D eigenvalue weighted by Crippen LogP contribution is -2.46. The van der Waals surface area contributed by atoms with Gasteiger partial charge in [0.25, 0.3) is 0 Å². The van der Waals surface area contributed by atoms with Crippen molar-refractivity contribution in [2.45, 2.75) is 39.5 Å². The topological polar surface area (TPSA) is 43.4 Å². The molecule has 0 saturated heterocycles.